The Labute approximate surface area is 129 Å². The topological polar surface area (TPSA) is 0 Å². The molecule has 0 spiro atoms. The van der Waals surface area contributed by atoms with Crippen molar-refractivity contribution in [2.75, 3.05) is 0 Å². The van der Waals surface area contributed by atoms with Gasteiger partial charge in [-0.15, -0.1) is 41.3 Å². The molecule has 0 bridgehead atoms. The fourth-order valence-corrected chi connectivity index (χ4v) is 2.18. The smallest absolute Gasteiger partial charge is 0.120 e. The molecule has 0 atom stereocenters. The Morgan fingerprint density at radius 3 is 1.42 bits per heavy atom. The van der Waals surface area contributed by atoms with Gasteiger partial charge in [0.1, 0.15) is 0 Å². The van der Waals surface area contributed by atoms with Crippen LogP contribution in [0.25, 0.3) is 0 Å². The van der Waals surface area contributed by atoms with Crippen molar-refractivity contribution in [2.45, 2.75) is 27.2 Å². The molecule has 0 unspecified atom stereocenters. The van der Waals surface area contributed by atoms with E-state index in [2.05, 4.69) is 81.4 Å². The maximum absolute atomic E-state index is 2.29. The van der Waals surface area contributed by atoms with Crippen LogP contribution in [0.1, 0.15) is 38.3 Å². The van der Waals surface area contributed by atoms with E-state index in [-0.39, 0.29) is 18.9 Å². The molecule has 0 aliphatic carbocycles. The maximum atomic E-state index is 2.29. The molecule has 0 saturated heterocycles. The molecule has 0 heterocycles. The van der Waals surface area contributed by atoms with Crippen molar-refractivity contribution in [3.05, 3.63) is 77.7 Å². The Kier molecular flexibility index (Phi) is 5.79. The fourth-order valence-electron chi connectivity index (χ4n) is 2.18. The monoisotopic (exact) mass is 244 g/mol. The number of rotatable bonds is 3. The molecule has 0 N–H and O–H groups in total. The van der Waals surface area contributed by atoms with Crippen LogP contribution in [0.15, 0.2) is 60.7 Å². The van der Waals surface area contributed by atoms with Crippen molar-refractivity contribution < 1.29 is 18.9 Å². The molecule has 0 aliphatic rings. The van der Waals surface area contributed by atoms with Crippen molar-refractivity contribution >= 4 is 0 Å². The molecule has 1 heteroatoms. The third-order valence-electron chi connectivity index (χ3n) is 2.95. The van der Waals surface area contributed by atoms with Crippen LogP contribution in [0.5, 0.6) is 0 Å². The van der Waals surface area contributed by atoms with Gasteiger partial charge >= 0.3 is 18.9 Å². The largest absolute Gasteiger partial charge is 1.00 e. The second-order valence-electron chi connectivity index (χ2n) is 5.95. The van der Waals surface area contributed by atoms with Gasteiger partial charge in [0.25, 0.3) is 0 Å². The molecule has 0 fully saturated rings. The van der Waals surface area contributed by atoms with E-state index in [0.717, 1.165) is 6.42 Å². The second-order valence-corrected chi connectivity index (χ2v) is 5.95. The van der Waals surface area contributed by atoms with Crippen molar-refractivity contribution in [3.63, 3.8) is 0 Å². The summed E-state index contributed by atoms with van der Waals surface area (Å²) < 4.78 is 0. The number of hydrogen-bond donors (Lipinski definition) is 0. The molecule has 0 aliphatic heterocycles. The first-order valence-electron chi connectivity index (χ1n) is 6.53. The zero-order valence-corrected chi connectivity index (χ0v) is 12.5. The molecule has 0 amide bonds. The zero-order valence-electron chi connectivity index (χ0n) is 12.5. The van der Waals surface area contributed by atoms with Crippen LogP contribution in [-0.2, 0) is 0 Å². The molecule has 0 nitrogen and oxygen atoms in total. The molecule has 19 heavy (non-hydrogen) atoms. The van der Waals surface area contributed by atoms with Crippen LogP contribution in [0.2, 0.25) is 0 Å². The summed E-state index contributed by atoms with van der Waals surface area (Å²) in [6.45, 7) is 6.87. The molecule has 2 rings (SSSR count). The molecule has 94 valence electrons. The third kappa shape index (κ3) is 4.82. The predicted molar refractivity (Wildman–Crippen MR) is 78.4 cm³/mol. The minimum absolute atomic E-state index is 0. The van der Waals surface area contributed by atoms with E-state index >= 15 is 0 Å². The van der Waals surface area contributed by atoms with Gasteiger partial charge < -0.3 is 0 Å². The second kappa shape index (κ2) is 6.90. The van der Waals surface area contributed by atoms with Crippen molar-refractivity contribution in [1.82, 2.24) is 0 Å². The summed E-state index contributed by atoms with van der Waals surface area (Å²) in [7, 11) is 0. The third-order valence-corrected chi connectivity index (χ3v) is 2.95. The molecule has 2 aromatic carbocycles. The van der Waals surface area contributed by atoms with Crippen LogP contribution in [-0.4, -0.2) is 0 Å². The van der Waals surface area contributed by atoms with Crippen LogP contribution < -0.4 is 18.9 Å². The van der Waals surface area contributed by atoms with E-state index in [4.69, 9.17) is 0 Å². The average molecular weight is 244 g/mol. The summed E-state index contributed by atoms with van der Waals surface area (Å²) >= 11 is 0. The Morgan fingerprint density at radius 2 is 1.11 bits per heavy atom. The van der Waals surface area contributed by atoms with Crippen molar-refractivity contribution in [3.8, 4) is 0 Å². The van der Waals surface area contributed by atoms with Gasteiger partial charge in [-0.25, -0.2) is 0 Å². The van der Waals surface area contributed by atoms with E-state index in [1.54, 1.807) is 0 Å². The molecular weight excluding hydrogens is 223 g/mol. The first-order valence-corrected chi connectivity index (χ1v) is 6.53. The number of hydrogen-bond acceptors (Lipinski definition) is 0. The number of benzene rings is 2. The summed E-state index contributed by atoms with van der Waals surface area (Å²) in [5.74, 6) is 1.43. The first kappa shape index (κ1) is 16.0. The zero-order chi connectivity index (χ0) is 13.0. The minimum atomic E-state index is 0. The van der Waals surface area contributed by atoms with Crippen LogP contribution in [0.3, 0.4) is 0 Å². The summed E-state index contributed by atoms with van der Waals surface area (Å²) in [6, 6.07) is 21.4. The molecule has 0 aromatic heterocycles. The average Bonchev–Trinajstić information content (AvgIpc) is 2.37. The SMILES string of the molecule is CC(C)(C)C[C-](c1ccccc1)c1ccccc1.[Li+]. The van der Waals surface area contributed by atoms with E-state index in [9.17, 15) is 0 Å². The van der Waals surface area contributed by atoms with E-state index in [1.165, 1.54) is 17.0 Å². The van der Waals surface area contributed by atoms with Crippen molar-refractivity contribution in [2.24, 2.45) is 5.41 Å². The molecule has 0 radical (unpaired) electrons. The summed E-state index contributed by atoms with van der Waals surface area (Å²) in [5, 5.41) is 0. The standard InChI is InChI=1S/C18H21.Li/c1-18(2,3)14-17(15-10-6-4-7-11-15)16-12-8-5-9-13-16;/h4-13H,14H2,1-3H3;/q-1;+1. The van der Waals surface area contributed by atoms with Gasteiger partial charge in [-0.05, 0) is 5.41 Å². The van der Waals surface area contributed by atoms with Crippen LogP contribution >= 0.6 is 0 Å². The van der Waals surface area contributed by atoms with Crippen LogP contribution in [0.4, 0.5) is 0 Å². The van der Waals surface area contributed by atoms with Gasteiger partial charge in [-0.2, -0.15) is 0 Å². The molecule has 2 aromatic rings. The Balaban J connectivity index is 0.00000180. The fraction of sp³-hybridized carbons (Fsp3) is 0.278. The van der Waals surface area contributed by atoms with Gasteiger partial charge in [-0.3, -0.25) is 0 Å². The van der Waals surface area contributed by atoms with Crippen molar-refractivity contribution in [1.29, 1.82) is 0 Å². The Bertz CT molecular complexity index is 429. The van der Waals surface area contributed by atoms with Crippen LogP contribution in [0, 0.1) is 11.3 Å². The van der Waals surface area contributed by atoms with Gasteiger partial charge in [0.05, 0.1) is 0 Å². The van der Waals surface area contributed by atoms with E-state index in [1.807, 2.05) is 0 Å². The summed E-state index contributed by atoms with van der Waals surface area (Å²) in [4.78, 5) is 0. The molecule has 0 saturated carbocycles. The Morgan fingerprint density at radius 1 is 0.737 bits per heavy atom. The quantitative estimate of drug-likeness (QED) is 0.573. The maximum Gasteiger partial charge on any atom is 1.00 e. The first-order chi connectivity index (χ1) is 8.56. The summed E-state index contributed by atoms with van der Waals surface area (Å²) in [6.07, 6.45) is 1.08. The van der Waals surface area contributed by atoms with E-state index in [0.29, 0.717) is 5.41 Å². The minimum Gasteiger partial charge on any atom is -0.120 e. The normalized spacial score (nSPS) is 10.7. The molecular formula is C18H21Li. The van der Waals surface area contributed by atoms with Gasteiger partial charge in [0.2, 0.25) is 0 Å². The van der Waals surface area contributed by atoms with Gasteiger partial charge in [0.15, 0.2) is 0 Å². The van der Waals surface area contributed by atoms with Gasteiger partial charge in [-0.1, -0.05) is 63.6 Å². The van der Waals surface area contributed by atoms with Gasteiger partial charge in [0, 0.05) is 0 Å². The summed E-state index contributed by atoms with van der Waals surface area (Å²) in [5.41, 5.74) is 2.96. The Hall–Kier alpha value is -1.09. The predicted octanol–water partition coefficient (Wildman–Crippen LogP) is 2.10. The van der Waals surface area contributed by atoms with E-state index < -0.39 is 0 Å².